The first kappa shape index (κ1) is 27.1. The van der Waals surface area contributed by atoms with Gasteiger partial charge in [-0.05, 0) is 44.7 Å². The van der Waals surface area contributed by atoms with E-state index in [0.717, 1.165) is 6.42 Å². The molecule has 2 aromatic rings. The molecule has 0 fully saturated rings. The van der Waals surface area contributed by atoms with Gasteiger partial charge in [-0.1, -0.05) is 42.5 Å². The lowest BCUT2D eigenvalue weighted by Gasteiger charge is -2.21. The van der Waals surface area contributed by atoms with E-state index in [1.54, 1.807) is 12.1 Å². The van der Waals surface area contributed by atoms with Crippen LogP contribution in [0.4, 0.5) is 0 Å². The van der Waals surface area contributed by atoms with Crippen LogP contribution >= 0.6 is 0 Å². The maximum atomic E-state index is 12.0. The van der Waals surface area contributed by atoms with Crippen LogP contribution < -0.4 is 5.32 Å². The van der Waals surface area contributed by atoms with Gasteiger partial charge in [0.15, 0.2) is 0 Å². The van der Waals surface area contributed by atoms with Crippen LogP contribution in [0.1, 0.15) is 34.1 Å². The predicted molar refractivity (Wildman–Crippen MR) is 120 cm³/mol. The third kappa shape index (κ3) is 9.36. The Morgan fingerprint density at radius 3 is 1.45 bits per heavy atom. The number of benzene rings is 2. The second-order valence-electron chi connectivity index (χ2n) is 6.77. The zero-order valence-electron chi connectivity index (χ0n) is 18.3. The molecule has 9 nitrogen and oxygen atoms in total. The normalized spacial score (nSPS) is 12.7. The average Bonchev–Trinajstić information content (AvgIpc) is 2.82. The molecule has 0 aliphatic heterocycles. The fourth-order valence-corrected chi connectivity index (χ4v) is 2.37. The molecule has 0 saturated heterocycles. The van der Waals surface area contributed by atoms with Crippen molar-refractivity contribution in [3.05, 3.63) is 84.4 Å². The zero-order chi connectivity index (χ0) is 24.8. The molecule has 0 aromatic heterocycles. The van der Waals surface area contributed by atoms with Crippen molar-refractivity contribution in [1.82, 2.24) is 5.32 Å². The number of carboxylic acid groups (broad SMARTS) is 2. The van der Waals surface area contributed by atoms with Crippen LogP contribution in [0.15, 0.2) is 73.3 Å². The number of aliphatic carboxylic acids is 2. The summed E-state index contributed by atoms with van der Waals surface area (Å²) in [7, 11) is 1.95. The van der Waals surface area contributed by atoms with Crippen LogP contribution in [0.2, 0.25) is 0 Å². The molecule has 0 bridgehead atoms. The van der Waals surface area contributed by atoms with Crippen LogP contribution in [0.25, 0.3) is 0 Å². The van der Waals surface area contributed by atoms with Crippen molar-refractivity contribution in [3.63, 3.8) is 0 Å². The maximum Gasteiger partial charge on any atom is 0.349 e. The topological polar surface area (TPSA) is 139 Å². The van der Waals surface area contributed by atoms with Gasteiger partial charge in [0.1, 0.15) is 0 Å². The highest BCUT2D eigenvalue weighted by atomic mass is 16.6. The Labute approximate surface area is 191 Å². The van der Waals surface area contributed by atoms with Crippen molar-refractivity contribution in [3.8, 4) is 0 Å². The van der Waals surface area contributed by atoms with Crippen molar-refractivity contribution in [2.45, 2.75) is 31.6 Å². The first-order valence-corrected chi connectivity index (χ1v) is 9.97. The summed E-state index contributed by atoms with van der Waals surface area (Å²) in [5, 5.41) is 21.6. The van der Waals surface area contributed by atoms with Gasteiger partial charge in [-0.15, -0.1) is 6.58 Å². The van der Waals surface area contributed by atoms with Crippen LogP contribution in [0.3, 0.4) is 0 Å². The lowest BCUT2D eigenvalue weighted by molar-refractivity contribution is -0.166. The van der Waals surface area contributed by atoms with Gasteiger partial charge < -0.3 is 25.0 Å². The summed E-state index contributed by atoms with van der Waals surface area (Å²) >= 11 is 0. The van der Waals surface area contributed by atoms with E-state index in [9.17, 15) is 29.4 Å². The zero-order valence-corrected chi connectivity index (χ0v) is 18.3. The number of hydrogen-bond donors (Lipinski definition) is 3. The lowest BCUT2D eigenvalue weighted by Crippen LogP contribution is -2.45. The van der Waals surface area contributed by atoms with Gasteiger partial charge in [0.05, 0.1) is 11.1 Å². The molecule has 0 radical (unpaired) electrons. The Hall–Kier alpha value is -3.98. The van der Waals surface area contributed by atoms with Crippen molar-refractivity contribution < 1.29 is 38.9 Å². The summed E-state index contributed by atoms with van der Waals surface area (Å²) in [6.45, 7) is 5.74. The van der Waals surface area contributed by atoms with Crippen LogP contribution in [0, 0.1) is 0 Å². The molecular formula is C24H27NO8. The molecule has 0 heterocycles. The van der Waals surface area contributed by atoms with Gasteiger partial charge in [-0.25, -0.2) is 19.2 Å². The second kappa shape index (κ2) is 14.2. The Morgan fingerprint density at radius 2 is 1.21 bits per heavy atom. The minimum absolute atomic E-state index is 0.0253. The molecule has 0 saturated carbocycles. The first-order valence-electron chi connectivity index (χ1n) is 9.97. The van der Waals surface area contributed by atoms with E-state index in [0.29, 0.717) is 6.04 Å². The number of carboxylic acids is 2. The van der Waals surface area contributed by atoms with Crippen molar-refractivity contribution >= 4 is 23.9 Å². The van der Waals surface area contributed by atoms with Crippen molar-refractivity contribution in [1.29, 1.82) is 0 Å². The SMILES string of the molecule is C=CCC(C)NC.O=C(O[C@@H](C(=O)O)[C@@H](OC(=O)c1ccccc1)C(=O)O)c1ccccc1. The minimum Gasteiger partial charge on any atom is -0.478 e. The molecule has 1 unspecified atom stereocenters. The lowest BCUT2D eigenvalue weighted by atomic mass is 10.1. The third-order valence-electron chi connectivity index (χ3n) is 4.26. The van der Waals surface area contributed by atoms with Crippen LogP contribution in [0.5, 0.6) is 0 Å². The highest BCUT2D eigenvalue weighted by Crippen LogP contribution is 2.13. The van der Waals surface area contributed by atoms with Gasteiger partial charge >= 0.3 is 23.9 Å². The van der Waals surface area contributed by atoms with E-state index in [2.05, 4.69) is 18.8 Å². The average molecular weight is 457 g/mol. The molecule has 33 heavy (non-hydrogen) atoms. The Kier molecular flexibility index (Phi) is 11.6. The van der Waals surface area contributed by atoms with E-state index >= 15 is 0 Å². The fraction of sp³-hybridized carbons (Fsp3) is 0.250. The van der Waals surface area contributed by atoms with E-state index in [4.69, 9.17) is 9.47 Å². The maximum absolute atomic E-state index is 12.0. The van der Waals surface area contributed by atoms with E-state index in [1.165, 1.54) is 48.5 Å². The third-order valence-corrected chi connectivity index (χ3v) is 4.26. The smallest absolute Gasteiger partial charge is 0.349 e. The van der Waals surface area contributed by atoms with Crippen molar-refractivity contribution in [2.75, 3.05) is 7.05 Å². The van der Waals surface area contributed by atoms with E-state index < -0.39 is 36.1 Å². The summed E-state index contributed by atoms with van der Waals surface area (Å²) in [5.74, 6) is -5.63. The molecule has 0 aliphatic carbocycles. The molecule has 0 spiro atoms. The van der Waals surface area contributed by atoms with Gasteiger partial charge in [0.2, 0.25) is 12.2 Å². The molecule has 176 valence electrons. The first-order chi connectivity index (χ1) is 15.7. The Bertz CT molecular complexity index is 860. The standard InChI is InChI=1S/C18H14O8.C6H13N/c19-15(20)13(25-17(23)11-7-3-1-4-8-11)14(16(21)22)26-18(24)12-9-5-2-6-10-12;1-4-5-6(2)7-3/h1-10,13-14H,(H,19,20)(H,21,22);4,6-7H,1,5H2,2-3H3/t13-,14-;/m1./s1. The summed E-state index contributed by atoms with van der Waals surface area (Å²) in [5.41, 5.74) is 0.0505. The van der Waals surface area contributed by atoms with Gasteiger partial charge in [-0.2, -0.15) is 0 Å². The second-order valence-corrected chi connectivity index (χ2v) is 6.77. The quantitative estimate of drug-likeness (QED) is 0.363. The van der Waals surface area contributed by atoms with Crippen molar-refractivity contribution in [2.24, 2.45) is 0 Å². The Balaban J connectivity index is 0.000000675. The number of carbonyl (C=O) groups excluding carboxylic acids is 2. The number of rotatable bonds is 10. The summed E-state index contributed by atoms with van der Waals surface area (Å²) < 4.78 is 9.52. The Morgan fingerprint density at radius 1 is 0.848 bits per heavy atom. The molecule has 3 N–H and O–H groups in total. The number of nitrogens with one attached hydrogen (secondary N) is 1. The summed E-state index contributed by atoms with van der Waals surface area (Å²) in [6.07, 6.45) is -1.46. The predicted octanol–water partition coefficient (Wildman–Crippen LogP) is 2.78. The molecule has 3 atom stereocenters. The molecule has 2 aromatic carbocycles. The number of carbonyl (C=O) groups is 4. The minimum atomic E-state index is -2.21. The summed E-state index contributed by atoms with van der Waals surface area (Å²) in [4.78, 5) is 46.8. The fourth-order valence-electron chi connectivity index (χ4n) is 2.37. The van der Waals surface area contributed by atoms with E-state index in [1.807, 2.05) is 13.1 Å². The van der Waals surface area contributed by atoms with Crippen LogP contribution in [-0.4, -0.2) is 59.4 Å². The molecule has 9 heteroatoms. The molecule has 0 amide bonds. The molecule has 0 aliphatic rings. The number of esters is 2. The molecular weight excluding hydrogens is 430 g/mol. The van der Waals surface area contributed by atoms with Gasteiger partial charge in [0, 0.05) is 6.04 Å². The van der Waals surface area contributed by atoms with Gasteiger partial charge in [-0.3, -0.25) is 0 Å². The monoisotopic (exact) mass is 457 g/mol. The van der Waals surface area contributed by atoms with E-state index in [-0.39, 0.29) is 11.1 Å². The highest BCUT2D eigenvalue weighted by Gasteiger charge is 2.40. The number of hydrogen-bond acceptors (Lipinski definition) is 7. The largest absolute Gasteiger partial charge is 0.478 e. The van der Waals surface area contributed by atoms with Gasteiger partial charge in [0.25, 0.3) is 0 Å². The molecule has 2 rings (SSSR count). The highest BCUT2D eigenvalue weighted by molar-refractivity contribution is 5.95. The van der Waals surface area contributed by atoms with Crippen LogP contribution in [-0.2, 0) is 19.1 Å². The summed E-state index contributed by atoms with van der Waals surface area (Å²) in [6, 6.07) is 15.4. The number of ether oxygens (including phenoxy) is 2.